The molecule has 0 spiro atoms. The molecule has 28 heavy (non-hydrogen) atoms. The second kappa shape index (κ2) is 8.27. The first-order valence-electron chi connectivity index (χ1n) is 8.66. The molecule has 150 valence electrons. The first kappa shape index (κ1) is 20.3. The summed E-state index contributed by atoms with van der Waals surface area (Å²) in [7, 11) is -3.17. The van der Waals surface area contributed by atoms with E-state index in [2.05, 4.69) is 0 Å². The van der Waals surface area contributed by atoms with Gasteiger partial charge in [0.05, 0.1) is 23.0 Å². The fourth-order valence-electron chi connectivity index (χ4n) is 3.12. The van der Waals surface area contributed by atoms with E-state index in [1.165, 1.54) is 34.4 Å². The van der Waals surface area contributed by atoms with Gasteiger partial charge in [-0.2, -0.15) is 0 Å². The molecule has 0 bridgehead atoms. The summed E-state index contributed by atoms with van der Waals surface area (Å²) < 4.78 is 29.2. The van der Waals surface area contributed by atoms with Crippen LogP contribution in [0.25, 0.3) is 0 Å². The van der Waals surface area contributed by atoms with Crippen molar-refractivity contribution in [3.8, 4) is 5.75 Å². The van der Waals surface area contributed by atoms with Gasteiger partial charge in [0, 0.05) is 17.0 Å². The minimum Gasteiger partial charge on any atom is -0.477 e. The molecule has 1 aromatic heterocycles. The number of carbonyl (C=O) groups is 1. The van der Waals surface area contributed by atoms with Gasteiger partial charge >= 0.3 is 5.69 Å². The number of hydrogen-bond acceptors (Lipinski definition) is 7. The van der Waals surface area contributed by atoms with Crippen molar-refractivity contribution in [2.24, 2.45) is 0 Å². The van der Waals surface area contributed by atoms with Gasteiger partial charge in [-0.3, -0.25) is 14.9 Å². The third kappa shape index (κ3) is 4.68. The predicted octanol–water partition coefficient (Wildman–Crippen LogP) is 2.56. The number of para-hydroxylation sites is 2. The Hall–Kier alpha value is -2.46. The molecule has 1 amide bonds. The first-order valence-corrected chi connectivity index (χ1v) is 11.4. The van der Waals surface area contributed by atoms with E-state index < -0.39 is 33.3 Å². The number of hydrogen-bond donors (Lipinski definition) is 0. The Morgan fingerprint density at radius 2 is 2.11 bits per heavy atom. The number of carbonyl (C=O) groups excluding carboxylic acids is 1. The SMILES string of the molecule is Cc1ccsc1CN(C(=O)COc1ccccc1[N+](=O)[O-])[C@H]1CCS(=O)(=O)C1. The van der Waals surface area contributed by atoms with E-state index >= 15 is 0 Å². The second-order valence-corrected chi connectivity index (χ2v) is 9.85. The normalized spacial score (nSPS) is 18.0. The van der Waals surface area contributed by atoms with E-state index in [0.29, 0.717) is 13.0 Å². The fraction of sp³-hybridized carbons (Fsp3) is 0.389. The number of amides is 1. The van der Waals surface area contributed by atoms with Crippen molar-refractivity contribution in [3.63, 3.8) is 0 Å². The highest BCUT2D eigenvalue weighted by molar-refractivity contribution is 7.91. The molecular formula is C18H20N2O6S2. The Kier molecular flexibility index (Phi) is 5.99. The Morgan fingerprint density at radius 3 is 2.71 bits per heavy atom. The van der Waals surface area contributed by atoms with Crippen LogP contribution in [0.2, 0.25) is 0 Å². The third-order valence-electron chi connectivity index (χ3n) is 4.66. The lowest BCUT2D eigenvalue weighted by atomic mass is 10.2. The maximum absolute atomic E-state index is 12.9. The molecule has 1 fully saturated rings. The molecule has 3 rings (SSSR count). The van der Waals surface area contributed by atoms with Gasteiger partial charge in [-0.1, -0.05) is 12.1 Å². The number of nitro groups is 1. The number of sulfone groups is 1. The molecule has 8 nitrogen and oxygen atoms in total. The van der Waals surface area contributed by atoms with Crippen LogP contribution in [0.3, 0.4) is 0 Å². The van der Waals surface area contributed by atoms with Crippen molar-refractivity contribution in [2.45, 2.75) is 25.9 Å². The highest BCUT2D eigenvalue weighted by Crippen LogP contribution is 2.27. The van der Waals surface area contributed by atoms with Gasteiger partial charge < -0.3 is 9.64 Å². The number of nitrogens with zero attached hydrogens (tertiary/aromatic N) is 2. The maximum atomic E-state index is 12.9. The standard InChI is InChI=1S/C18H20N2O6S2/c1-13-6-8-27-17(13)10-19(14-7-9-28(24,25)12-14)18(21)11-26-16-5-3-2-4-15(16)20(22)23/h2-6,8,14H,7,9-12H2,1H3/t14-/m0/s1. The van der Waals surface area contributed by atoms with Crippen LogP contribution in [0.15, 0.2) is 35.7 Å². The first-order chi connectivity index (χ1) is 13.3. The lowest BCUT2D eigenvalue weighted by Gasteiger charge is -2.28. The smallest absolute Gasteiger partial charge is 0.310 e. The van der Waals surface area contributed by atoms with Crippen molar-refractivity contribution < 1.29 is 22.9 Å². The highest BCUT2D eigenvalue weighted by Gasteiger charge is 2.35. The number of ether oxygens (including phenoxy) is 1. The highest BCUT2D eigenvalue weighted by atomic mass is 32.2. The molecule has 0 N–H and O–H groups in total. The molecule has 1 aliphatic heterocycles. The fourth-order valence-corrected chi connectivity index (χ4v) is 5.75. The van der Waals surface area contributed by atoms with Crippen LogP contribution >= 0.6 is 11.3 Å². The lowest BCUT2D eigenvalue weighted by Crippen LogP contribution is -2.43. The van der Waals surface area contributed by atoms with Crippen molar-refractivity contribution in [1.82, 2.24) is 4.90 Å². The molecule has 1 atom stereocenters. The summed E-state index contributed by atoms with van der Waals surface area (Å²) in [4.78, 5) is 25.9. The maximum Gasteiger partial charge on any atom is 0.310 e. The largest absolute Gasteiger partial charge is 0.477 e. The van der Waals surface area contributed by atoms with Crippen LogP contribution < -0.4 is 4.74 Å². The molecule has 0 radical (unpaired) electrons. The Balaban J connectivity index is 1.77. The summed E-state index contributed by atoms with van der Waals surface area (Å²) in [6.45, 7) is 1.83. The van der Waals surface area contributed by atoms with Gasteiger partial charge in [0.25, 0.3) is 5.91 Å². The zero-order valence-electron chi connectivity index (χ0n) is 15.2. The topological polar surface area (TPSA) is 107 Å². The van der Waals surface area contributed by atoms with E-state index in [1.54, 1.807) is 6.07 Å². The van der Waals surface area contributed by atoms with Gasteiger partial charge in [-0.15, -0.1) is 11.3 Å². The average Bonchev–Trinajstić information content (AvgIpc) is 3.22. The third-order valence-corrected chi connectivity index (χ3v) is 7.42. The Morgan fingerprint density at radius 1 is 1.36 bits per heavy atom. The average molecular weight is 425 g/mol. The van der Waals surface area contributed by atoms with Gasteiger partial charge in [0.15, 0.2) is 22.2 Å². The van der Waals surface area contributed by atoms with Crippen molar-refractivity contribution >= 4 is 32.8 Å². The molecule has 2 aromatic rings. The molecule has 0 unspecified atom stereocenters. The quantitative estimate of drug-likeness (QED) is 0.499. The number of thiophene rings is 1. The van der Waals surface area contributed by atoms with Gasteiger partial charge in [0.2, 0.25) is 0 Å². The molecule has 0 aliphatic carbocycles. The molecule has 1 aromatic carbocycles. The summed E-state index contributed by atoms with van der Waals surface area (Å²) >= 11 is 1.50. The predicted molar refractivity (Wildman–Crippen MR) is 105 cm³/mol. The van der Waals surface area contributed by atoms with Crippen LogP contribution in [0.4, 0.5) is 5.69 Å². The number of rotatable bonds is 7. The minimum atomic E-state index is -3.17. The van der Waals surface area contributed by atoms with Crippen molar-refractivity contribution in [3.05, 3.63) is 56.3 Å². The Labute approximate surface area is 166 Å². The number of nitro benzene ring substituents is 1. The molecule has 2 heterocycles. The van der Waals surface area contributed by atoms with E-state index in [4.69, 9.17) is 4.74 Å². The zero-order chi connectivity index (χ0) is 20.3. The van der Waals surface area contributed by atoms with Gasteiger partial charge in [0.1, 0.15) is 0 Å². The molecular weight excluding hydrogens is 404 g/mol. The monoisotopic (exact) mass is 424 g/mol. The molecule has 1 saturated heterocycles. The van der Waals surface area contributed by atoms with E-state index in [0.717, 1.165) is 10.4 Å². The minimum absolute atomic E-state index is 0.00662. The van der Waals surface area contributed by atoms with Crippen LogP contribution in [0.1, 0.15) is 16.9 Å². The second-order valence-electron chi connectivity index (χ2n) is 6.62. The molecule has 10 heteroatoms. The summed E-state index contributed by atoms with van der Waals surface area (Å²) in [5.41, 5.74) is 0.808. The lowest BCUT2D eigenvalue weighted by molar-refractivity contribution is -0.385. The van der Waals surface area contributed by atoms with Crippen molar-refractivity contribution in [2.75, 3.05) is 18.1 Å². The summed E-state index contributed by atoms with van der Waals surface area (Å²) in [6, 6.07) is 7.35. The number of benzene rings is 1. The number of aryl methyl sites for hydroxylation is 1. The van der Waals surface area contributed by atoms with Crippen LogP contribution in [-0.2, 0) is 21.2 Å². The van der Waals surface area contributed by atoms with Crippen LogP contribution in [-0.4, -0.2) is 48.3 Å². The van der Waals surface area contributed by atoms with Crippen LogP contribution in [0.5, 0.6) is 5.75 Å². The molecule has 0 saturated carbocycles. The summed E-state index contributed by atoms with van der Waals surface area (Å²) in [6.07, 6.45) is 0.379. The summed E-state index contributed by atoms with van der Waals surface area (Å²) in [5.74, 6) is -0.412. The van der Waals surface area contributed by atoms with Crippen molar-refractivity contribution in [1.29, 1.82) is 0 Å². The van der Waals surface area contributed by atoms with E-state index in [9.17, 15) is 23.3 Å². The van der Waals surface area contributed by atoms with Crippen LogP contribution in [0, 0.1) is 17.0 Å². The van der Waals surface area contributed by atoms with E-state index in [-0.39, 0.29) is 22.9 Å². The summed E-state index contributed by atoms with van der Waals surface area (Å²) in [5, 5.41) is 13.0. The Bertz CT molecular complexity index is 985. The van der Waals surface area contributed by atoms with Gasteiger partial charge in [-0.05, 0) is 36.4 Å². The zero-order valence-corrected chi connectivity index (χ0v) is 16.9. The molecule has 1 aliphatic rings. The van der Waals surface area contributed by atoms with Gasteiger partial charge in [-0.25, -0.2) is 8.42 Å². The van der Waals surface area contributed by atoms with E-state index in [1.807, 2.05) is 18.4 Å².